The normalized spacial score (nSPS) is 8.10. The fraction of sp³-hybridized carbons (Fsp3) is 0.286. The van der Waals surface area contributed by atoms with E-state index in [-0.39, 0.29) is 5.76 Å². The van der Waals surface area contributed by atoms with E-state index in [0.29, 0.717) is 6.54 Å². The third-order valence-electron chi connectivity index (χ3n) is 0.773. The summed E-state index contributed by atoms with van der Waals surface area (Å²) in [4.78, 5) is 10.6. The SMILES string of the molecule is C=CC(=C)OC(=O)NCC. The Balaban J connectivity index is 3.57. The molecule has 0 aliphatic heterocycles. The van der Waals surface area contributed by atoms with Crippen LogP contribution in [0.3, 0.4) is 0 Å². The summed E-state index contributed by atoms with van der Waals surface area (Å²) in [5, 5.41) is 2.44. The first-order valence-electron chi connectivity index (χ1n) is 2.97. The molecular formula is C7H11NO2. The van der Waals surface area contributed by atoms with E-state index in [9.17, 15) is 4.79 Å². The van der Waals surface area contributed by atoms with Crippen LogP contribution >= 0.6 is 0 Å². The minimum atomic E-state index is -0.493. The standard InChI is InChI=1S/C7H11NO2/c1-4-6(3)10-7(9)8-5-2/h4H,1,3,5H2,2H3,(H,8,9). The van der Waals surface area contributed by atoms with Gasteiger partial charge in [0.05, 0.1) is 0 Å². The van der Waals surface area contributed by atoms with Crippen LogP contribution in [0.4, 0.5) is 4.79 Å². The molecule has 0 spiro atoms. The Bertz CT molecular complexity index is 152. The van der Waals surface area contributed by atoms with Gasteiger partial charge in [-0.25, -0.2) is 4.79 Å². The molecule has 0 saturated heterocycles. The van der Waals surface area contributed by atoms with Crippen LogP contribution in [0.25, 0.3) is 0 Å². The van der Waals surface area contributed by atoms with E-state index < -0.39 is 6.09 Å². The van der Waals surface area contributed by atoms with Gasteiger partial charge >= 0.3 is 6.09 Å². The Kier molecular flexibility index (Phi) is 4.04. The number of hydrogen-bond acceptors (Lipinski definition) is 2. The molecule has 0 aliphatic carbocycles. The van der Waals surface area contributed by atoms with Gasteiger partial charge in [-0.2, -0.15) is 0 Å². The van der Waals surface area contributed by atoms with E-state index in [1.165, 1.54) is 6.08 Å². The van der Waals surface area contributed by atoms with Crippen molar-refractivity contribution >= 4 is 6.09 Å². The number of hydrogen-bond donors (Lipinski definition) is 1. The Labute approximate surface area is 60.4 Å². The zero-order valence-corrected chi connectivity index (χ0v) is 6.02. The molecule has 0 fully saturated rings. The third kappa shape index (κ3) is 3.72. The second-order valence-electron chi connectivity index (χ2n) is 1.59. The molecule has 3 heteroatoms. The summed E-state index contributed by atoms with van der Waals surface area (Å²) in [6.45, 7) is 9.11. The van der Waals surface area contributed by atoms with Crippen molar-refractivity contribution in [2.45, 2.75) is 6.92 Å². The molecule has 0 aliphatic rings. The van der Waals surface area contributed by atoms with Gasteiger partial charge in [0.2, 0.25) is 0 Å². The smallest absolute Gasteiger partial charge is 0.411 e. The molecule has 0 radical (unpaired) electrons. The lowest BCUT2D eigenvalue weighted by Crippen LogP contribution is -2.22. The predicted octanol–water partition coefficient (Wildman–Crippen LogP) is 1.43. The molecule has 3 nitrogen and oxygen atoms in total. The molecule has 0 aromatic rings. The van der Waals surface area contributed by atoms with Crippen molar-refractivity contribution in [3.05, 3.63) is 25.0 Å². The van der Waals surface area contributed by atoms with Crippen molar-refractivity contribution in [1.29, 1.82) is 0 Å². The van der Waals surface area contributed by atoms with E-state index in [0.717, 1.165) is 0 Å². The molecule has 1 N–H and O–H groups in total. The monoisotopic (exact) mass is 141 g/mol. The van der Waals surface area contributed by atoms with E-state index in [4.69, 9.17) is 0 Å². The van der Waals surface area contributed by atoms with Crippen LogP contribution in [-0.4, -0.2) is 12.6 Å². The lowest BCUT2D eigenvalue weighted by molar-refractivity contribution is 0.180. The molecule has 1 amide bonds. The summed E-state index contributed by atoms with van der Waals surface area (Å²) in [5.74, 6) is 0.256. The molecule has 0 atom stereocenters. The highest BCUT2D eigenvalue weighted by atomic mass is 16.6. The molecule has 0 bridgehead atoms. The molecule has 0 saturated carbocycles. The molecule has 0 heterocycles. The highest BCUT2D eigenvalue weighted by Gasteiger charge is 1.98. The van der Waals surface area contributed by atoms with Gasteiger partial charge < -0.3 is 10.1 Å². The Morgan fingerprint density at radius 2 is 2.40 bits per heavy atom. The van der Waals surface area contributed by atoms with Crippen LogP contribution in [0.1, 0.15) is 6.92 Å². The van der Waals surface area contributed by atoms with E-state index in [2.05, 4.69) is 23.2 Å². The van der Waals surface area contributed by atoms with Crippen molar-refractivity contribution in [2.75, 3.05) is 6.54 Å². The Hall–Kier alpha value is -1.25. The van der Waals surface area contributed by atoms with Crippen molar-refractivity contribution in [3.8, 4) is 0 Å². The number of allylic oxidation sites excluding steroid dienone is 1. The van der Waals surface area contributed by atoms with Crippen molar-refractivity contribution < 1.29 is 9.53 Å². The molecular weight excluding hydrogens is 130 g/mol. The van der Waals surface area contributed by atoms with Crippen LogP contribution in [0.2, 0.25) is 0 Å². The lowest BCUT2D eigenvalue weighted by Gasteiger charge is -2.02. The molecule has 10 heavy (non-hydrogen) atoms. The second-order valence-corrected chi connectivity index (χ2v) is 1.59. The molecule has 0 unspecified atom stereocenters. The molecule has 0 rings (SSSR count). The number of carbonyl (C=O) groups excluding carboxylic acids is 1. The first kappa shape index (κ1) is 8.75. The van der Waals surface area contributed by atoms with Crippen molar-refractivity contribution in [3.63, 3.8) is 0 Å². The van der Waals surface area contributed by atoms with Crippen molar-refractivity contribution in [1.82, 2.24) is 5.32 Å². The van der Waals surface area contributed by atoms with Crippen LogP contribution in [0, 0.1) is 0 Å². The van der Waals surface area contributed by atoms with E-state index in [1.54, 1.807) is 6.92 Å². The summed E-state index contributed by atoms with van der Waals surface area (Å²) in [6, 6.07) is 0. The first-order chi connectivity index (χ1) is 4.70. The number of nitrogens with one attached hydrogen (secondary N) is 1. The van der Waals surface area contributed by atoms with Gasteiger partial charge in [0, 0.05) is 6.54 Å². The zero-order valence-electron chi connectivity index (χ0n) is 6.02. The average molecular weight is 141 g/mol. The highest BCUT2D eigenvalue weighted by molar-refractivity contribution is 5.68. The fourth-order valence-electron chi connectivity index (χ4n) is 0.341. The maximum Gasteiger partial charge on any atom is 0.412 e. The number of rotatable bonds is 3. The fourth-order valence-corrected chi connectivity index (χ4v) is 0.341. The maximum absolute atomic E-state index is 10.6. The van der Waals surface area contributed by atoms with Gasteiger partial charge in [-0.3, -0.25) is 0 Å². The van der Waals surface area contributed by atoms with Crippen LogP contribution in [0.15, 0.2) is 25.0 Å². The summed E-state index contributed by atoms with van der Waals surface area (Å²) in [7, 11) is 0. The van der Waals surface area contributed by atoms with Gasteiger partial charge in [0.15, 0.2) is 0 Å². The summed E-state index contributed by atoms with van der Waals surface area (Å²) >= 11 is 0. The summed E-state index contributed by atoms with van der Waals surface area (Å²) < 4.78 is 4.58. The molecule has 56 valence electrons. The lowest BCUT2D eigenvalue weighted by atomic mass is 10.5. The molecule has 0 aromatic carbocycles. The van der Waals surface area contributed by atoms with Gasteiger partial charge in [0.1, 0.15) is 5.76 Å². The number of carbonyl (C=O) groups is 1. The van der Waals surface area contributed by atoms with Crippen LogP contribution in [-0.2, 0) is 4.74 Å². The van der Waals surface area contributed by atoms with E-state index >= 15 is 0 Å². The first-order valence-corrected chi connectivity index (χ1v) is 2.97. The number of amides is 1. The van der Waals surface area contributed by atoms with Crippen molar-refractivity contribution in [2.24, 2.45) is 0 Å². The molecule has 0 aromatic heterocycles. The Morgan fingerprint density at radius 1 is 1.80 bits per heavy atom. The largest absolute Gasteiger partial charge is 0.412 e. The summed E-state index contributed by atoms with van der Waals surface area (Å²) in [6.07, 6.45) is 0.877. The summed E-state index contributed by atoms with van der Waals surface area (Å²) in [5.41, 5.74) is 0. The Morgan fingerprint density at radius 3 is 2.80 bits per heavy atom. The van der Waals surface area contributed by atoms with Gasteiger partial charge in [-0.05, 0) is 13.0 Å². The topological polar surface area (TPSA) is 38.3 Å². The predicted molar refractivity (Wildman–Crippen MR) is 39.5 cm³/mol. The number of ether oxygens (including phenoxy) is 1. The van der Waals surface area contributed by atoms with E-state index in [1.807, 2.05) is 0 Å². The highest BCUT2D eigenvalue weighted by Crippen LogP contribution is 1.92. The second kappa shape index (κ2) is 4.61. The van der Waals surface area contributed by atoms with Gasteiger partial charge in [0.25, 0.3) is 0 Å². The van der Waals surface area contributed by atoms with Gasteiger partial charge in [-0.15, -0.1) is 0 Å². The van der Waals surface area contributed by atoms with Gasteiger partial charge in [-0.1, -0.05) is 13.2 Å². The van der Waals surface area contributed by atoms with Crippen LogP contribution < -0.4 is 5.32 Å². The minimum Gasteiger partial charge on any atom is -0.411 e. The zero-order chi connectivity index (χ0) is 7.98. The minimum absolute atomic E-state index is 0.256. The average Bonchev–Trinajstić information content (AvgIpc) is 1.88. The van der Waals surface area contributed by atoms with Crippen LogP contribution in [0.5, 0.6) is 0 Å². The quantitative estimate of drug-likeness (QED) is 0.477. The number of alkyl carbamates (subject to hydrolysis) is 1. The third-order valence-corrected chi connectivity index (χ3v) is 0.773. The maximum atomic E-state index is 10.6.